The van der Waals surface area contributed by atoms with E-state index in [1.54, 1.807) is 54.6 Å². The first-order chi connectivity index (χ1) is 15.5. The number of para-hydroxylation sites is 1. The number of carbonyl (C=O) groups excluding carboxylic acids is 1. The monoisotopic (exact) mass is 496 g/mol. The number of furan rings is 1. The fourth-order valence-corrected chi connectivity index (χ4v) is 3.38. The van der Waals surface area contributed by atoms with Gasteiger partial charge in [-0.25, -0.2) is 4.79 Å². The summed E-state index contributed by atoms with van der Waals surface area (Å²) in [5.74, 6) is 0.333. The van der Waals surface area contributed by atoms with Crippen molar-refractivity contribution in [3.8, 4) is 28.8 Å². The lowest BCUT2D eigenvalue weighted by atomic mass is 10.2. The van der Waals surface area contributed by atoms with Gasteiger partial charge in [0.15, 0.2) is 21.9 Å². The quantitative estimate of drug-likeness (QED) is 0.259. The lowest BCUT2D eigenvalue weighted by molar-refractivity contribution is -0.129. The fourth-order valence-electron chi connectivity index (χ4n) is 3.07. The highest BCUT2D eigenvalue weighted by atomic mass is 79.9. The summed E-state index contributed by atoms with van der Waals surface area (Å²) in [6, 6.07) is 15.1. The van der Waals surface area contributed by atoms with Gasteiger partial charge in [-0.2, -0.15) is 0 Å². The van der Waals surface area contributed by atoms with Crippen LogP contribution in [0.25, 0.3) is 28.6 Å². The molecule has 162 valence electrons. The maximum absolute atomic E-state index is 13.0. The Morgan fingerprint density at radius 3 is 2.47 bits per heavy atom. The van der Waals surface area contributed by atoms with Gasteiger partial charge in [-0.15, -0.1) is 0 Å². The molecule has 2 heterocycles. The Morgan fingerprint density at radius 2 is 1.75 bits per heavy atom. The maximum Gasteiger partial charge on any atom is 0.336 e. The number of hydrogen-bond donors (Lipinski definition) is 0. The Hall–Kier alpha value is -3.78. The lowest BCUT2D eigenvalue weighted by Gasteiger charge is -2.08. The van der Waals surface area contributed by atoms with Crippen LogP contribution in [-0.4, -0.2) is 20.2 Å². The molecule has 0 atom stereocenters. The second-order valence-corrected chi connectivity index (χ2v) is 7.34. The first-order valence-electron chi connectivity index (χ1n) is 9.43. The SMILES string of the molecule is COc1ccc(/C=C/C(=O)Oc2c(-c3ccc(Br)o3)oc3ccccc3c2=O)cc1OC. The Kier molecular flexibility index (Phi) is 6.13. The van der Waals surface area contributed by atoms with Crippen molar-refractivity contribution in [1.29, 1.82) is 0 Å². The number of esters is 1. The molecule has 4 rings (SSSR count). The first-order valence-corrected chi connectivity index (χ1v) is 10.2. The number of benzene rings is 2. The van der Waals surface area contributed by atoms with E-state index in [2.05, 4.69) is 15.9 Å². The molecule has 0 bridgehead atoms. The molecule has 0 amide bonds. The van der Waals surface area contributed by atoms with Gasteiger partial charge in [-0.1, -0.05) is 18.2 Å². The van der Waals surface area contributed by atoms with Crippen LogP contribution in [-0.2, 0) is 4.79 Å². The summed E-state index contributed by atoms with van der Waals surface area (Å²) in [5.41, 5.74) is 0.545. The molecule has 0 radical (unpaired) electrons. The van der Waals surface area contributed by atoms with Crippen LogP contribution in [0.15, 0.2) is 79.0 Å². The molecule has 0 aliphatic carbocycles. The highest BCUT2D eigenvalue weighted by molar-refractivity contribution is 9.10. The minimum absolute atomic E-state index is 0.0206. The van der Waals surface area contributed by atoms with Gasteiger partial charge in [0.05, 0.1) is 19.6 Å². The average Bonchev–Trinajstić information content (AvgIpc) is 3.25. The molecule has 0 fully saturated rings. The Bertz CT molecular complexity index is 1380. The van der Waals surface area contributed by atoms with Crippen molar-refractivity contribution in [3.05, 3.63) is 81.1 Å². The van der Waals surface area contributed by atoms with E-state index in [1.165, 1.54) is 26.4 Å². The van der Waals surface area contributed by atoms with Crippen LogP contribution in [0, 0.1) is 0 Å². The van der Waals surface area contributed by atoms with Gasteiger partial charge in [-0.3, -0.25) is 4.79 Å². The van der Waals surface area contributed by atoms with E-state index in [1.807, 2.05) is 0 Å². The number of rotatable bonds is 6. The van der Waals surface area contributed by atoms with Crippen molar-refractivity contribution >= 4 is 38.9 Å². The van der Waals surface area contributed by atoms with Crippen LogP contribution >= 0.6 is 15.9 Å². The van der Waals surface area contributed by atoms with E-state index in [9.17, 15) is 9.59 Å². The van der Waals surface area contributed by atoms with Gasteiger partial charge in [0, 0.05) is 6.08 Å². The van der Waals surface area contributed by atoms with Crippen molar-refractivity contribution in [2.75, 3.05) is 14.2 Å². The summed E-state index contributed by atoms with van der Waals surface area (Å²) in [7, 11) is 3.06. The maximum atomic E-state index is 13.0. The van der Waals surface area contributed by atoms with E-state index in [4.69, 9.17) is 23.0 Å². The van der Waals surface area contributed by atoms with Crippen molar-refractivity contribution in [2.24, 2.45) is 0 Å². The molecule has 0 saturated heterocycles. The molecule has 7 nitrogen and oxygen atoms in total. The van der Waals surface area contributed by atoms with Gasteiger partial charge >= 0.3 is 5.97 Å². The van der Waals surface area contributed by atoms with E-state index in [0.29, 0.717) is 27.3 Å². The standard InChI is InChI=1S/C24H17BrO7/c1-28-17-9-7-14(13-19(17)29-2)8-12-21(26)32-24-22(27)15-5-3-4-6-16(15)31-23(24)18-10-11-20(25)30-18/h3-13H,1-2H3/b12-8+. The summed E-state index contributed by atoms with van der Waals surface area (Å²) in [4.78, 5) is 25.6. The minimum Gasteiger partial charge on any atom is -0.493 e. The zero-order valence-corrected chi connectivity index (χ0v) is 18.7. The molecule has 2 aromatic carbocycles. The first kappa shape index (κ1) is 21.5. The molecule has 4 aromatic rings. The predicted octanol–water partition coefficient (Wildman–Crippen LogP) is 5.45. The molecule has 0 unspecified atom stereocenters. The van der Waals surface area contributed by atoms with Crippen molar-refractivity contribution in [1.82, 2.24) is 0 Å². The Balaban J connectivity index is 1.69. The van der Waals surface area contributed by atoms with Crippen LogP contribution in [0.4, 0.5) is 0 Å². The molecule has 0 N–H and O–H groups in total. The van der Waals surface area contributed by atoms with Crippen LogP contribution in [0.5, 0.6) is 17.2 Å². The fraction of sp³-hybridized carbons (Fsp3) is 0.0833. The van der Waals surface area contributed by atoms with Gasteiger partial charge < -0.3 is 23.0 Å². The third-order valence-electron chi connectivity index (χ3n) is 4.58. The number of carbonyl (C=O) groups is 1. The number of halogens is 1. The zero-order chi connectivity index (χ0) is 22.7. The normalized spacial score (nSPS) is 11.1. The van der Waals surface area contributed by atoms with Gasteiger partial charge in [0.25, 0.3) is 0 Å². The summed E-state index contributed by atoms with van der Waals surface area (Å²) in [6.45, 7) is 0. The topological polar surface area (TPSA) is 88.1 Å². The third kappa shape index (κ3) is 4.31. The van der Waals surface area contributed by atoms with Crippen LogP contribution < -0.4 is 19.6 Å². The lowest BCUT2D eigenvalue weighted by Crippen LogP contribution is -2.14. The Labute approximate surface area is 190 Å². The highest BCUT2D eigenvalue weighted by Gasteiger charge is 2.22. The largest absolute Gasteiger partial charge is 0.493 e. The zero-order valence-electron chi connectivity index (χ0n) is 17.1. The van der Waals surface area contributed by atoms with Gasteiger partial charge in [0.2, 0.25) is 16.9 Å². The second kappa shape index (κ2) is 9.15. The average molecular weight is 497 g/mol. The minimum atomic E-state index is -0.755. The molecule has 0 spiro atoms. The highest BCUT2D eigenvalue weighted by Crippen LogP contribution is 2.33. The number of ether oxygens (including phenoxy) is 3. The van der Waals surface area contributed by atoms with Gasteiger partial charge in [0.1, 0.15) is 5.58 Å². The van der Waals surface area contributed by atoms with Crippen LogP contribution in [0.2, 0.25) is 0 Å². The molecule has 0 aliphatic rings. The number of fused-ring (bicyclic) bond motifs is 1. The molecule has 0 aliphatic heterocycles. The molecule has 0 saturated carbocycles. The summed E-state index contributed by atoms with van der Waals surface area (Å²) >= 11 is 3.22. The molecule has 32 heavy (non-hydrogen) atoms. The summed E-state index contributed by atoms with van der Waals surface area (Å²) < 4.78 is 27.7. The van der Waals surface area contributed by atoms with E-state index in [0.717, 1.165) is 0 Å². The van der Waals surface area contributed by atoms with Crippen molar-refractivity contribution in [2.45, 2.75) is 0 Å². The van der Waals surface area contributed by atoms with Crippen LogP contribution in [0.1, 0.15) is 5.56 Å². The second-order valence-electron chi connectivity index (χ2n) is 6.56. The van der Waals surface area contributed by atoms with E-state index in [-0.39, 0.29) is 22.7 Å². The number of hydrogen-bond acceptors (Lipinski definition) is 7. The smallest absolute Gasteiger partial charge is 0.336 e. The molecule has 2 aromatic heterocycles. The summed E-state index contributed by atoms with van der Waals surface area (Å²) in [6.07, 6.45) is 2.74. The van der Waals surface area contributed by atoms with E-state index < -0.39 is 11.4 Å². The molecular formula is C24H17BrO7. The Morgan fingerprint density at radius 1 is 0.969 bits per heavy atom. The third-order valence-corrected chi connectivity index (χ3v) is 5.00. The van der Waals surface area contributed by atoms with E-state index >= 15 is 0 Å². The number of methoxy groups -OCH3 is 2. The van der Waals surface area contributed by atoms with Crippen molar-refractivity contribution < 1.29 is 27.8 Å². The summed E-state index contributed by atoms with van der Waals surface area (Å²) in [5, 5.41) is 0.286. The molecule has 8 heteroatoms. The van der Waals surface area contributed by atoms with Gasteiger partial charge in [-0.05, 0) is 64.0 Å². The predicted molar refractivity (Wildman–Crippen MR) is 122 cm³/mol. The van der Waals surface area contributed by atoms with Crippen LogP contribution in [0.3, 0.4) is 0 Å². The molecular weight excluding hydrogens is 480 g/mol. The van der Waals surface area contributed by atoms with Crippen molar-refractivity contribution in [3.63, 3.8) is 0 Å².